The summed E-state index contributed by atoms with van der Waals surface area (Å²) < 4.78 is 0. The first-order valence-electron chi connectivity index (χ1n) is 3.36. The lowest BCUT2D eigenvalue weighted by molar-refractivity contribution is 0.1000. The number of aromatic nitrogens is 1. The standard InChI is InChI=1S/C8H6N2O/c11-8-5-9-4-7-6(8)2-1-3-10-7/h1-4H,5H2. The first kappa shape index (κ1) is 6.22. The summed E-state index contributed by atoms with van der Waals surface area (Å²) in [6, 6.07) is 3.53. The van der Waals surface area contributed by atoms with E-state index >= 15 is 0 Å². The molecule has 3 nitrogen and oxygen atoms in total. The molecule has 0 radical (unpaired) electrons. The molecule has 1 aliphatic heterocycles. The molecule has 0 saturated carbocycles. The van der Waals surface area contributed by atoms with Crippen LogP contribution in [0, 0.1) is 0 Å². The summed E-state index contributed by atoms with van der Waals surface area (Å²) in [6.07, 6.45) is 3.29. The van der Waals surface area contributed by atoms with Gasteiger partial charge in [0.1, 0.15) is 6.54 Å². The van der Waals surface area contributed by atoms with E-state index in [0.717, 1.165) is 0 Å². The molecule has 0 aromatic carbocycles. The highest BCUT2D eigenvalue weighted by Gasteiger charge is 2.12. The van der Waals surface area contributed by atoms with Crippen molar-refractivity contribution in [2.24, 2.45) is 4.99 Å². The minimum Gasteiger partial charge on any atom is -0.292 e. The Hall–Kier alpha value is -1.51. The van der Waals surface area contributed by atoms with E-state index in [1.807, 2.05) is 0 Å². The Morgan fingerprint density at radius 3 is 3.18 bits per heavy atom. The summed E-state index contributed by atoms with van der Waals surface area (Å²) in [7, 11) is 0. The number of carbonyl (C=O) groups is 1. The number of aliphatic imine (C=N–C) groups is 1. The Morgan fingerprint density at radius 1 is 1.45 bits per heavy atom. The van der Waals surface area contributed by atoms with Gasteiger partial charge in [0, 0.05) is 18.0 Å². The maximum Gasteiger partial charge on any atom is 0.186 e. The molecule has 1 aromatic heterocycles. The fourth-order valence-electron chi connectivity index (χ4n) is 1.06. The van der Waals surface area contributed by atoms with E-state index in [2.05, 4.69) is 9.98 Å². The lowest BCUT2D eigenvalue weighted by Gasteiger charge is -2.05. The summed E-state index contributed by atoms with van der Waals surface area (Å²) >= 11 is 0. The van der Waals surface area contributed by atoms with Crippen LogP contribution in [-0.2, 0) is 0 Å². The lowest BCUT2D eigenvalue weighted by atomic mass is 10.1. The molecule has 0 bridgehead atoms. The number of hydrogen-bond donors (Lipinski definition) is 0. The van der Waals surface area contributed by atoms with E-state index < -0.39 is 0 Å². The van der Waals surface area contributed by atoms with Crippen molar-refractivity contribution in [1.82, 2.24) is 4.98 Å². The first-order valence-corrected chi connectivity index (χ1v) is 3.36. The van der Waals surface area contributed by atoms with Gasteiger partial charge in [-0.15, -0.1) is 0 Å². The van der Waals surface area contributed by atoms with Gasteiger partial charge in [-0.1, -0.05) is 0 Å². The highest BCUT2D eigenvalue weighted by molar-refractivity contribution is 6.06. The molecular weight excluding hydrogens is 140 g/mol. The Kier molecular flexibility index (Phi) is 1.28. The summed E-state index contributed by atoms with van der Waals surface area (Å²) in [4.78, 5) is 19.0. The highest BCUT2D eigenvalue weighted by atomic mass is 16.1. The predicted molar refractivity (Wildman–Crippen MR) is 41.0 cm³/mol. The van der Waals surface area contributed by atoms with Crippen LogP contribution in [0.4, 0.5) is 0 Å². The van der Waals surface area contributed by atoms with Crippen molar-refractivity contribution in [2.45, 2.75) is 0 Å². The van der Waals surface area contributed by atoms with Crippen LogP contribution in [-0.4, -0.2) is 23.5 Å². The molecule has 2 heterocycles. The van der Waals surface area contributed by atoms with Gasteiger partial charge in [0.2, 0.25) is 0 Å². The normalized spacial score (nSPS) is 14.7. The van der Waals surface area contributed by atoms with Gasteiger partial charge in [0.05, 0.1) is 5.69 Å². The van der Waals surface area contributed by atoms with Crippen LogP contribution < -0.4 is 0 Å². The zero-order valence-electron chi connectivity index (χ0n) is 5.82. The van der Waals surface area contributed by atoms with Gasteiger partial charge in [-0.05, 0) is 12.1 Å². The zero-order chi connectivity index (χ0) is 7.68. The summed E-state index contributed by atoms with van der Waals surface area (Å²) in [5.74, 6) is 0.0515. The average molecular weight is 146 g/mol. The van der Waals surface area contributed by atoms with Crippen molar-refractivity contribution in [3.8, 4) is 0 Å². The van der Waals surface area contributed by atoms with Gasteiger partial charge in [-0.25, -0.2) is 0 Å². The zero-order valence-corrected chi connectivity index (χ0v) is 5.82. The number of hydrogen-bond acceptors (Lipinski definition) is 3. The molecule has 0 saturated heterocycles. The Labute approximate surface area is 63.8 Å². The molecule has 54 valence electrons. The van der Waals surface area contributed by atoms with Crippen molar-refractivity contribution in [2.75, 3.05) is 6.54 Å². The molecular formula is C8H6N2O. The van der Waals surface area contributed by atoms with Crippen molar-refractivity contribution < 1.29 is 4.79 Å². The molecule has 1 aliphatic rings. The average Bonchev–Trinajstić information content (AvgIpc) is 2.06. The number of fused-ring (bicyclic) bond motifs is 1. The minimum atomic E-state index is 0.0515. The van der Waals surface area contributed by atoms with Gasteiger partial charge >= 0.3 is 0 Å². The smallest absolute Gasteiger partial charge is 0.186 e. The fraction of sp³-hybridized carbons (Fsp3) is 0.125. The second kappa shape index (κ2) is 2.27. The van der Waals surface area contributed by atoms with E-state index in [1.165, 1.54) is 0 Å². The first-order chi connectivity index (χ1) is 5.38. The predicted octanol–water partition coefficient (Wildman–Crippen LogP) is 0.697. The third-order valence-electron chi connectivity index (χ3n) is 1.59. The number of carbonyl (C=O) groups excluding carboxylic acids is 1. The second-order valence-corrected chi connectivity index (χ2v) is 2.33. The molecule has 11 heavy (non-hydrogen) atoms. The minimum absolute atomic E-state index is 0.0515. The van der Waals surface area contributed by atoms with Crippen LogP contribution in [0.5, 0.6) is 0 Å². The van der Waals surface area contributed by atoms with Crippen molar-refractivity contribution in [3.63, 3.8) is 0 Å². The molecule has 0 atom stereocenters. The third-order valence-corrected chi connectivity index (χ3v) is 1.59. The summed E-state index contributed by atoms with van der Waals surface area (Å²) in [6.45, 7) is 0.263. The van der Waals surface area contributed by atoms with Gasteiger partial charge in [0.15, 0.2) is 5.78 Å². The number of Topliss-reactive ketones (excluding diaryl/α,β-unsaturated/α-hetero) is 1. The fourth-order valence-corrected chi connectivity index (χ4v) is 1.06. The Bertz CT molecular complexity index is 331. The molecule has 2 rings (SSSR count). The Balaban J connectivity index is 2.63. The largest absolute Gasteiger partial charge is 0.292 e. The van der Waals surface area contributed by atoms with Crippen LogP contribution in [0.3, 0.4) is 0 Å². The van der Waals surface area contributed by atoms with Crippen molar-refractivity contribution >= 4 is 12.0 Å². The van der Waals surface area contributed by atoms with Gasteiger partial charge in [0.25, 0.3) is 0 Å². The highest BCUT2D eigenvalue weighted by Crippen LogP contribution is 2.07. The van der Waals surface area contributed by atoms with Crippen molar-refractivity contribution in [1.29, 1.82) is 0 Å². The van der Waals surface area contributed by atoms with Crippen molar-refractivity contribution in [3.05, 3.63) is 29.6 Å². The molecule has 3 heteroatoms. The lowest BCUT2D eigenvalue weighted by Crippen LogP contribution is -2.13. The van der Waals surface area contributed by atoms with Crippen LogP contribution in [0.1, 0.15) is 16.1 Å². The monoisotopic (exact) mass is 146 g/mol. The molecule has 0 N–H and O–H groups in total. The van der Waals surface area contributed by atoms with Crippen LogP contribution in [0.25, 0.3) is 0 Å². The van der Waals surface area contributed by atoms with Crippen LogP contribution in [0.2, 0.25) is 0 Å². The van der Waals surface area contributed by atoms with Crippen LogP contribution in [0.15, 0.2) is 23.3 Å². The van der Waals surface area contributed by atoms with Gasteiger partial charge in [-0.3, -0.25) is 14.8 Å². The van der Waals surface area contributed by atoms with E-state index in [4.69, 9.17) is 0 Å². The number of nitrogens with zero attached hydrogens (tertiary/aromatic N) is 2. The number of pyridine rings is 1. The van der Waals surface area contributed by atoms with E-state index in [0.29, 0.717) is 11.3 Å². The second-order valence-electron chi connectivity index (χ2n) is 2.33. The maximum atomic E-state index is 11.1. The van der Waals surface area contributed by atoms with Gasteiger partial charge in [-0.2, -0.15) is 0 Å². The maximum absolute atomic E-state index is 11.1. The van der Waals surface area contributed by atoms with E-state index in [9.17, 15) is 4.79 Å². The van der Waals surface area contributed by atoms with Gasteiger partial charge < -0.3 is 0 Å². The topological polar surface area (TPSA) is 42.3 Å². The van der Waals surface area contributed by atoms with E-state index in [-0.39, 0.29) is 12.3 Å². The van der Waals surface area contributed by atoms with Crippen LogP contribution >= 0.6 is 0 Å². The molecule has 0 spiro atoms. The molecule has 0 amide bonds. The Morgan fingerprint density at radius 2 is 2.36 bits per heavy atom. The third kappa shape index (κ3) is 0.941. The summed E-state index contributed by atoms with van der Waals surface area (Å²) in [5.41, 5.74) is 1.37. The van der Waals surface area contributed by atoms with E-state index in [1.54, 1.807) is 24.5 Å². The molecule has 0 aliphatic carbocycles. The molecule has 0 fully saturated rings. The summed E-state index contributed by atoms with van der Waals surface area (Å²) in [5, 5.41) is 0. The quantitative estimate of drug-likeness (QED) is 0.540. The number of rotatable bonds is 0. The number of ketones is 1. The SMILES string of the molecule is O=C1CN=Cc2ncccc21. The molecule has 0 unspecified atom stereocenters. The molecule has 1 aromatic rings.